The molecule has 1 unspecified atom stereocenters. The van der Waals surface area contributed by atoms with E-state index in [-0.39, 0.29) is 11.5 Å². The average Bonchev–Trinajstić information content (AvgIpc) is 2.85. The molecule has 1 atom stereocenters. The predicted octanol–water partition coefficient (Wildman–Crippen LogP) is 3.79. The fourth-order valence-electron chi connectivity index (χ4n) is 1.94. The molecule has 20 heavy (non-hydrogen) atoms. The van der Waals surface area contributed by atoms with E-state index >= 15 is 0 Å². The number of hydrazine groups is 1. The van der Waals surface area contributed by atoms with Crippen LogP contribution in [0.1, 0.15) is 43.1 Å². The standard InChI is InChI=1S/C15H20IN3S/c1-15(2,3)13-9-20-14(18-13)8-12(19-17)10-6-4-5-7-11(10)16/h4-7,9,12,19H,8,17H2,1-3H3. The van der Waals surface area contributed by atoms with Crippen molar-refractivity contribution in [1.82, 2.24) is 10.4 Å². The molecular weight excluding hydrogens is 381 g/mol. The maximum Gasteiger partial charge on any atom is 0.0948 e. The lowest BCUT2D eigenvalue weighted by Crippen LogP contribution is -2.30. The summed E-state index contributed by atoms with van der Waals surface area (Å²) < 4.78 is 1.22. The highest BCUT2D eigenvalue weighted by atomic mass is 127. The number of halogens is 1. The molecule has 0 spiro atoms. The van der Waals surface area contributed by atoms with Crippen LogP contribution in [0.25, 0.3) is 0 Å². The molecule has 0 saturated heterocycles. The SMILES string of the molecule is CC(C)(C)c1csc(CC(NN)c2ccccc2I)n1. The van der Waals surface area contributed by atoms with Crippen LogP contribution in [0.5, 0.6) is 0 Å². The number of nitrogens with zero attached hydrogens (tertiary/aromatic N) is 1. The summed E-state index contributed by atoms with van der Waals surface area (Å²) in [6, 6.07) is 8.40. The Bertz CT molecular complexity index is 574. The third kappa shape index (κ3) is 3.78. The van der Waals surface area contributed by atoms with Crippen molar-refractivity contribution in [3.63, 3.8) is 0 Å². The molecule has 1 aromatic carbocycles. The zero-order valence-corrected chi connectivity index (χ0v) is 15.0. The molecule has 0 saturated carbocycles. The van der Waals surface area contributed by atoms with Crippen LogP contribution in [-0.2, 0) is 11.8 Å². The van der Waals surface area contributed by atoms with E-state index in [2.05, 4.69) is 66.3 Å². The molecule has 3 nitrogen and oxygen atoms in total. The van der Waals surface area contributed by atoms with E-state index in [1.807, 2.05) is 12.1 Å². The van der Waals surface area contributed by atoms with E-state index in [1.54, 1.807) is 11.3 Å². The van der Waals surface area contributed by atoms with Crippen molar-refractivity contribution in [3.8, 4) is 0 Å². The first-order valence-corrected chi connectivity index (χ1v) is 8.53. The molecule has 108 valence electrons. The lowest BCUT2D eigenvalue weighted by molar-refractivity contribution is 0.539. The van der Waals surface area contributed by atoms with Gasteiger partial charge in [-0.15, -0.1) is 11.3 Å². The highest BCUT2D eigenvalue weighted by Crippen LogP contribution is 2.27. The van der Waals surface area contributed by atoms with Crippen molar-refractivity contribution in [2.24, 2.45) is 5.84 Å². The smallest absolute Gasteiger partial charge is 0.0948 e. The molecule has 0 bridgehead atoms. The molecule has 0 aliphatic carbocycles. The zero-order chi connectivity index (χ0) is 14.8. The number of aromatic nitrogens is 1. The minimum atomic E-state index is 0.0988. The first-order chi connectivity index (χ1) is 9.41. The average molecular weight is 401 g/mol. The largest absolute Gasteiger partial charge is 0.271 e. The van der Waals surface area contributed by atoms with Gasteiger partial charge in [0.25, 0.3) is 0 Å². The van der Waals surface area contributed by atoms with E-state index in [4.69, 9.17) is 10.8 Å². The van der Waals surface area contributed by atoms with Crippen molar-refractivity contribution in [1.29, 1.82) is 0 Å². The summed E-state index contributed by atoms with van der Waals surface area (Å²) in [6.45, 7) is 6.56. The highest BCUT2D eigenvalue weighted by Gasteiger charge is 2.20. The summed E-state index contributed by atoms with van der Waals surface area (Å²) in [7, 11) is 0. The Kier molecular flexibility index (Phi) is 5.17. The number of thiazole rings is 1. The number of nitrogens with one attached hydrogen (secondary N) is 1. The Morgan fingerprint density at radius 3 is 2.60 bits per heavy atom. The van der Waals surface area contributed by atoms with Gasteiger partial charge in [0.1, 0.15) is 0 Å². The van der Waals surface area contributed by atoms with Crippen molar-refractivity contribution < 1.29 is 0 Å². The Labute approximate surface area is 138 Å². The topological polar surface area (TPSA) is 50.9 Å². The van der Waals surface area contributed by atoms with E-state index < -0.39 is 0 Å². The van der Waals surface area contributed by atoms with E-state index in [1.165, 1.54) is 9.13 Å². The summed E-state index contributed by atoms with van der Waals surface area (Å²) in [5.41, 5.74) is 5.39. The Hall–Kier alpha value is -0.500. The quantitative estimate of drug-likeness (QED) is 0.466. The maximum atomic E-state index is 5.74. The number of hydrogen-bond donors (Lipinski definition) is 2. The number of hydrogen-bond acceptors (Lipinski definition) is 4. The van der Waals surface area contributed by atoms with Gasteiger partial charge in [-0.2, -0.15) is 0 Å². The fraction of sp³-hybridized carbons (Fsp3) is 0.400. The van der Waals surface area contributed by atoms with Crippen molar-refractivity contribution in [3.05, 3.63) is 49.5 Å². The summed E-state index contributed by atoms with van der Waals surface area (Å²) in [4.78, 5) is 4.74. The summed E-state index contributed by atoms with van der Waals surface area (Å²) in [6.07, 6.45) is 0.817. The molecule has 0 aliphatic rings. The van der Waals surface area contributed by atoms with Gasteiger partial charge in [0.15, 0.2) is 0 Å². The van der Waals surface area contributed by atoms with Gasteiger partial charge in [-0.05, 0) is 34.2 Å². The molecule has 2 rings (SSSR count). The van der Waals surface area contributed by atoms with Crippen molar-refractivity contribution in [2.75, 3.05) is 0 Å². The van der Waals surface area contributed by atoms with Gasteiger partial charge in [-0.3, -0.25) is 11.3 Å². The second-order valence-corrected chi connectivity index (χ2v) is 7.93. The first kappa shape index (κ1) is 15.9. The Balaban J connectivity index is 2.19. The van der Waals surface area contributed by atoms with Crippen LogP contribution in [0.3, 0.4) is 0 Å². The Morgan fingerprint density at radius 1 is 1.35 bits per heavy atom. The van der Waals surface area contributed by atoms with E-state index in [9.17, 15) is 0 Å². The zero-order valence-electron chi connectivity index (χ0n) is 12.0. The molecular formula is C15H20IN3S. The molecule has 3 N–H and O–H groups in total. The van der Waals surface area contributed by atoms with Crippen LogP contribution in [0.4, 0.5) is 0 Å². The van der Waals surface area contributed by atoms with Crippen molar-refractivity contribution >= 4 is 33.9 Å². The van der Waals surface area contributed by atoms with Crippen LogP contribution >= 0.6 is 33.9 Å². The second-order valence-electron chi connectivity index (χ2n) is 5.82. The minimum Gasteiger partial charge on any atom is -0.271 e. The summed E-state index contributed by atoms with van der Waals surface area (Å²) in [5.74, 6) is 5.74. The van der Waals surface area contributed by atoms with E-state index in [0.717, 1.165) is 17.1 Å². The third-order valence-electron chi connectivity index (χ3n) is 3.18. The lowest BCUT2D eigenvalue weighted by Gasteiger charge is -2.17. The number of nitrogens with two attached hydrogens (primary N) is 1. The van der Waals surface area contributed by atoms with Crippen LogP contribution in [0.15, 0.2) is 29.6 Å². The normalized spacial score (nSPS) is 13.4. The molecule has 2 aromatic rings. The van der Waals surface area contributed by atoms with Crippen LogP contribution in [-0.4, -0.2) is 4.98 Å². The third-order valence-corrected chi connectivity index (χ3v) is 5.03. The molecule has 0 radical (unpaired) electrons. The molecule has 0 aliphatic heterocycles. The highest BCUT2D eigenvalue weighted by molar-refractivity contribution is 14.1. The molecule has 5 heteroatoms. The maximum absolute atomic E-state index is 5.74. The van der Waals surface area contributed by atoms with Gasteiger partial charge in [0, 0.05) is 20.8 Å². The Morgan fingerprint density at radius 2 is 2.05 bits per heavy atom. The van der Waals surface area contributed by atoms with Crippen LogP contribution in [0.2, 0.25) is 0 Å². The van der Waals surface area contributed by atoms with Gasteiger partial charge in [-0.25, -0.2) is 4.98 Å². The van der Waals surface area contributed by atoms with Crippen molar-refractivity contribution in [2.45, 2.75) is 38.6 Å². The van der Waals surface area contributed by atoms with Gasteiger partial charge in [0.2, 0.25) is 0 Å². The predicted molar refractivity (Wildman–Crippen MR) is 93.7 cm³/mol. The first-order valence-electron chi connectivity index (χ1n) is 6.57. The molecule has 0 amide bonds. The molecule has 1 aromatic heterocycles. The minimum absolute atomic E-state index is 0.0988. The van der Waals surface area contributed by atoms with Crippen LogP contribution < -0.4 is 11.3 Å². The van der Waals surface area contributed by atoms with E-state index in [0.29, 0.717) is 0 Å². The molecule has 0 fully saturated rings. The van der Waals surface area contributed by atoms with Gasteiger partial charge in [0.05, 0.1) is 16.7 Å². The monoisotopic (exact) mass is 401 g/mol. The fourth-order valence-corrected chi connectivity index (χ4v) is 3.77. The summed E-state index contributed by atoms with van der Waals surface area (Å²) >= 11 is 4.06. The van der Waals surface area contributed by atoms with Gasteiger partial charge < -0.3 is 0 Å². The summed E-state index contributed by atoms with van der Waals surface area (Å²) in [5, 5.41) is 3.27. The van der Waals surface area contributed by atoms with Gasteiger partial charge >= 0.3 is 0 Å². The van der Waals surface area contributed by atoms with Crippen LogP contribution in [0, 0.1) is 3.57 Å². The second kappa shape index (κ2) is 6.51. The van der Waals surface area contributed by atoms with Gasteiger partial charge in [-0.1, -0.05) is 39.0 Å². The number of benzene rings is 1. The molecule has 1 heterocycles. The lowest BCUT2D eigenvalue weighted by atomic mass is 9.93. The number of rotatable bonds is 4.